The molecule has 0 aromatic carbocycles. The van der Waals surface area contributed by atoms with Crippen LogP contribution < -0.4 is 5.32 Å². The largest absolute Gasteiger partial charge is 0.340 e. The molecule has 1 saturated heterocycles. The molecule has 1 N–H and O–H groups in total. The lowest BCUT2D eigenvalue weighted by Crippen LogP contribution is -2.67. The van der Waals surface area contributed by atoms with Crippen molar-refractivity contribution in [3.63, 3.8) is 0 Å². The number of nitrogens with one attached hydrogen (secondary N) is 1. The quantitative estimate of drug-likeness (QED) is 0.756. The van der Waals surface area contributed by atoms with Gasteiger partial charge in [-0.15, -0.1) is 0 Å². The number of carbonyl (C=O) groups is 2. The Bertz CT molecular complexity index is 274. The van der Waals surface area contributed by atoms with E-state index >= 15 is 0 Å². The van der Waals surface area contributed by atoms with Gasteiger partial charge >= 0.3 is 0 Å². The van der Waals surface area contributed by atoms with Crippen molar-refractivity contribution in [2.75, 3.05) is 6.54 Å². The summed E-state index contributed by atoms with van der Waals surface area (Å²) in [7, 11) is 0. The molecule has 1 aliphatic rings. The standard InChI is InChI=1S/C11H20N2O2/c1-5-7-8-9(14)12-11(3,4)10(15)13(8)6-2/h8H,5-7H2,1-4H3,(H,12,14). The third kappa shape index (κ3) is 2.13. The Kier molecular flexibility index (Phi) is 3.37. The Morgan fingerprint density at radius 2 is 1.93 bits per heavy atom. The summed E-state index contributed by atoms with van der Waals surface area (Å²) in [5.74, 6) is -0.00801. The van der Waals surface area contributed by atoms with E-state index in [-0.39, 0.29) is 17.9 Å². The molecule has 4 nitrogen and oxygen atoms in total. The monoisotopic (exact) mass is 212 g/mol. The maximum absolute atomic E-state index is 12.0. The molecule has 0 aromatic rings. The van der Waals surface area contributed by atoms with Crippen LogP contribution in [0.3, 0.4) is 0 Å². The highest BCUT2D eigenvalue weighted by Gasteiger charge is 2.43. The van der Waals surface area contributed by atoms with Gasteiger partial charge in [-0.05, 0) is 27.2 Å². The topological polar surface area (TPSA) is 49.4 Å². The van der Waals surface area contributed by atoms with E-state index in [4.69, 9.17) is 0 Å². The van der Waals surface area contributed by atoms with Crippen molar-refractivity contribution in [3.8, 4) is 0 Å². The Labute approximate surface area is 91.0 Å². The average Bonchev–Trinajstić information content (AvgIpc) is 2.14. The minimum atomic E-state index is -0.753. The zero-order valence-electron chi connectivity index (χ0n) is 9.96. The van der Waals surface area contributed by atoms with E-state index in [2.05, 4.69) is 5.32 Å². The van der Waals surface area contributed by atoms with E-state index in [1.54, 1.807) is 18.7 Å². The molecule has 1 aliphatic heterocycles. The second-order valence-electron chi connectivity index (χ2n) is 4.51. The van der Waals surface area contributed by atoms with Crippen molar-refractivity contribution in [1.82, 2.24) is 10.2 Å². The molecule has 1 unspecified atom stereocenters. The first-order valence-corrected chi connectivity index (χ1v) is 5.57. The van der Waals surface area contributed by atoms with Crippen LogP contribution in [-0.2, 0) is 9.59 Å². The molecular weight excluding hydrogens is 192 g/mol. The maximum atomic E-state index is 12.0. The number of likely N-dealkylation sites (N-methyl/N-ethyl adjacent to an activating group) is 1. The molecule has 0 spiro atoms. The summed E-state index contributed by atoms with van der Waals surface area (Å²) in [6.45, 7) is 8.02. The van der Waals surface area contributed by atoms with E-state index in [0.717, 1.165) is 12.8 Å². The summed E-state index contributed by atoms with van der Waals surface area (Å²) < 4.78 is 0. The summed E-state index contributed by atoms with van der Waals surface area (Å²) in [6.07, 6.45) is 1.64. The number of rotatable bonds is 3. The zero-order chi connectivity index (χ0) is 11.6. The van der Waals surface area contributed by atoms with E-state index < -0.39 is 5.54 Å². The molecule has 1 heterocycles. The van der Waals surface area contributed by atoms with Gasteiger partial charge in [0, 0.05) is 6.54 Å². The highest BCUT2D eigenvalue weighted by Crippen LogP contribution is 2.20. The van der Waals surface area contributed by atoms with Crippen LogP contribution in [0.4, 0.5) is 0 Å². The number of hydrogen-bond donors (Lipinski definition) is 1. The molecule has 0 radical (unpaired) electrons. The second-order valence-corrected chi connectivity index (χ2v) is 4.51. The molecule has 4 heteroatoms. The summed E-state index contributed by atoms with van der Waals surface area (Å²) in [5, 5.41) is 2.77. The SMILES string of the molecule is CCCC1C(=O)NC(C)(C)C(=O)N1CC. The molecule has 0 aliphatic carbocycles. The zero-order valence-corrected chi connectivity index (χ0v) is 9.96. The van der Waals surface area contributed by atoms with Crippen molar-refractivity contribution >= 4 is 11.8 Å². The number of piperazine rings is 1. The van der Waals surface area contributed by atoms with Crippen LogP contribution in [0.15, 0.2) is 0 Å². The van der Waals surface area contributed by atoms with Crippen LogP contribution >= 0.6 is 0 Å². The summed E-state index contributed by atoms with van der Waals surface area (Å²) in [4.78, 5) is 25.5. The molecule has 1 rings (SSSR count). The molecule has 1 atom stereocenters. The average molecular weight is 212 g/mol. The summed E-state index contributed by atoms with van der Waals surface area (Å²) in [5.41, 5.74) is -0.753. The number of amides is 2. The van der Waals surface area contributed by atoms with Crippen molar-refractivity contribution in [3.05, 3.63) is 0 Å². The Balaban J connectivity index is 2.92. The van der Waals surface area contributed by atoms with Crippen LogP contribution in [0.25, 0.3) is 0 Å². The Morgan fingerprint density at radius 3 is 2.40 bits per heavy atom. The highest BCUT2D eigenvalue weighted by molar-refractivity contribution is 5.99. The molecule has 0 bridgehead atoms. The number of nitrogens with zero attached hydrogens (tertiary/aromatic N) is 1. The van der Waals surface area contributed by atoms with Gasteiger partial charge in [0.15, 0.2) is 0 Å². The smallest absolute Gasteiger partial charge is 0.248 e. The molecule has 2 amide bonds. The van der Waals surface area contributed by atoms with Gasteiger partial charge in [-0.2, -0.15) is 0 Å². The van der Waals surface area contributed by atoms with Crippen LogP contribution in [0, 0.1) is 0 Å². The third-order valence-electron chi connectivity index (χ3n) is 2.81. The Morgan fingerprint density at radius 1 is 1.33 bits per heavy atom. The highest BCUT2D eigenvalue weighted by atomic mass is 16.2. The lowest BCUT2D eigenvalue weighted by Gasteiger charge is -2.42. The summed E-state index contributed by atoms with van der Waals surface area (Å²) in [6, 6.07) is -0.277. The van der Waals surface area contributed by atoms with Gasteiger partial charge in [0.1, 0.15) is 11.6 Å². The lowest BCUT2D eigenvalue weighted by atomic mass is 9.95. The number of carbonyl (C=O) groups excluding carboxylic acids is 2. The van der Waals surface area contributed by atoms with Gasteiger partial charge in [0.2, 0.25) is 11.8 Å². The molecular formula is C11H20N2O2. The second kappa shape index (κ2) is 4.21. The molecule has 1 fully saturated rings. The first-order chi connectivity index (χ1) is 6.94. The van der Waals surface area contributed by atoms with Crippen molar-refractivity contribution in [2.45, 2.75) is 52.1 Å². The fourth-order valence-electron chi connectivity index (χ4n) is 2.01. The predicted molar refractivity (Wildman–Crippen MR) is 58.3 cm³/mol. The molecule has 0 saturated carbocycles. The number of hydrogen-bond acceptors (Lipinski definition) is 2. The Hall–Kier alpha value is -1.06. The molecule has 86 valence electrons. The predicted octanol–water partition coefficient (Wildman–Crippen LogP) is 0.912. The maximum Gasteiger partial charge on any atom is 0.248 e. The van der Waals surface area contributed by atoms with Crippen LogP contribution in [0.5, 0.6) is 0 Å². The minimum Gasteiger partial charge on any atom is -0.340 e. The van der Waals surface area contributed by atoms with Gasteiger partial charge < -0.3 is 10.2 Å². The van der Waals surface area contributed by atoms with Gasteiger partial charge in [0.25, 0.3) is 0 Å². The van der Waals surface area contributed by atoms with Crippen molar-refractivity contribution in [2.24, 2.45) is 0 Å². The van der Waals surface area contributed by atoms with E-state index in [0.29, 0.717) is 6.54 Å². The van der Waals surface area contributed by atoms with E-state index in [1.807, 2.05) is 13.8 Å². The van der Waals surface area contributed by atoms with Crippen LogP contribution in [0.1, 0.15) is 40.5 Å². The van der Waals surface area contributed by atoms with Crippen molar-refractivity contribution < 1.29 is 9.59 Å². The summed E-state index contributed by atoms with van der Waals surface area (Å²) >= 11 is 0. The van der Waals surface area contributed by atoms with Crippen LogP contribution in [0.2, 0.25) is 0 Å². The van der Waals surface area contributed by atoms with Gasteiger partial charge in [-0.1, -0.05) is 13.3 Å². The van der Waals surface area contributed by atoms with Gasteiger partial charge in [0.05, 0.1) is 0 Å². The normalized spacial score (nSPS) is 25.3. The van der Waals surface area contributed by atoms with Crippen molar-refractivity contribution in [1.29, 1.82) is 0 Å². The van der Waals surface area contributed by atoms with Gasteiger partial charge in [-0.25, -0.2) is 0 Å². The third-order valence-corrected chi connectivity index (χ3v) is 2.81. The van der Waals surface area contributed by atoms with E-state index in [1.165, 1.54) is 0 Å². The van der Waals surface area contributed by atoms with Crippen LogP contribution in [-0.4, -0.2) is 34.8 Å². The van der Waals surface area contributed by atoms with E-state index in [9.17, 15) is 9.59 Å². The fourth-order valence-corrected chi connectivity index (χ4v) is 2.01. The fraction of sp³-hybridized carbons (Fsp3) is 0.818. The lowest BCUT2D eigenvalue weighted by molar-refractivity contribution is -0.153. The molecule has 0 aromatic heterocycles. The minimum absolute atomic E-state index is 0.0167. The first-order valence-electron chi connectivity index (χ1n) is 5.57. The molecule has 15 heavy (non-hydrogen) atoms. The van der Waals surface area contributed by atoms with Gasteiger partial charge in [-0.3, -0.25) is 9.59 Å². The first kappa shape index (κ1) is 12.0.